The number of carbonyl (C=O) groups is 2. The largest absolute Gasteiger partial charge is 0.467 e. The van der Waals surface area contributed by atoms with Crippen LogP contribution in [-0.4, -0.2) is 35.6 Å². The average Bonchev–Trinajstić information content (AvgIpc) is 3.05. The number of esters is 1. The predicted molar refractivity (Wildman–Crippen MR) is 79.5 cm³/mol. The summed E-state index contributed by atoms with van der Waals surface area (Å²) in [6.07, 6.45) is -4.53. The molecule has 1 aromatic heterocycles. The molecule has 8 heteroatoms. The van der Waals surface area contributed by atoms with Crippen LogP contribution in [-0.2, 0) is 22.5 Å². The number of fused-ring (bicyclic) bond motifs is 1. The standard InChI is InChI=1S/C17H14F3NO4/c18-17(19,20)10-21(9-12-5-3-7-24-12)15(22)14-8-11-4-1-2-6-13(11)16(23)25-14/h1-7,14H,8-10H2. The molecule has 1 aromatic carbocycles. The Kier molecular flexibility index (Phi) is 4.52. The topological polar surface area (TPSA) is 59.8 Å². The van der Waals surface area contributed by atoms with Crippen LogP contribution in [0.3, 0.4) is 0 Å². The Morgan fingerprint density at radius 3 is 2.64 bits per heavy atom. The third kappa shape index (κ3) is 4.01. The Hall–Kier alpha value is -2.77. The van der Waals surface area contributed by atoms with E-state index in [9.17, 15) is 22.8 Å². The van der Waals surface area contributed by atoms with Crippen molar-refractivity contribution in [2.24, 2.45) is 0 Å². The van der Waals surface area contributed by atoms with Gasteiger partial charge in [-0.25, -0.2) is 4.79 Å². The summed E-state index contributed by atoms with van der Waals surface area (Å²) in [6, 6.07) is 9.52. The normalized spacial score (nSPS) is 16.9. The molecule has 1 aliphatic heterocycles. The van der Waals surface area contributed by atoms with Crippen molar-refractivity contribution in [3.8, 4) is 0 Å². The molecule has 5 nitrogen and oxygen atoms in total. The van der Waals surface area contributed by atoms with Crippen LogP contribution in [0.4, 0.5) is 13.2 Å². The molecule has 25 heavy (non-hydrogen) atoms. The average molecular weight is 353 g/mol. The van der Waals surface area contributed by atoms with Crippen molar-refractivity contribution < 1.29 is 31.9 Å². The second kappa shape index (κ2) is 6.62. The highest BCUT2D eigenvalue weighted by molar-refractivity contribution is 5.95. The van der Waals surface area contributed by atoms with Crippen molar-refractivity contribution in [2.45, 2.75) is 25.2 Å². The minimum absolute atomic E-state index is 0.0350. The van der Waals surface area contributed by atoms with E-state index >= 15 is 0 Å². The highest BCUT2D eigenvalue weighted by atomic mass is 19.4. The van der Waals surface area contributed by atoms with Crippen LogP contribution in [0.2, 0.25) is 0 Å². The summed E-state index contributed by atoms with van der Waals surface area (Å²) in [5, 5.41) is 0. The first-order chi connectivity index (χ1) is 11.8. The van der Waals surface area contributed by atoms with Crippen molar-refractivity contribution in [1.82, 2.24) is 4.90 Å². The quantitative estimate of drug-likeness (QED) is 0.793. The fraction of sp³-hybridized carbons (Fsp3) is 0.294. The van der Waals surface area contributed by atoms with E-state index in [4.69, 9.17) is 9.15 Å². The van der Waals surface area contributed by atoms with Crippen LogP contribution < -0.4 is 0 Å². The van der Waals surface area contributed by atoms with Gasteiger partial charge >= 0.3 is 12.1 Å². The Balaban J connectivity index is 1.81. The van der Waals surface area contributed by atoms with Crippen molar-refractivity contribution in [3.05, 3.63) is 59.5 Å². The maximum Gasteiger partial charge on any atom is 0.406 e. The number of amides is 1. The summed E-state index contributed by atoms with van der Waals surface area (Å²) in [5.41, 5.74) is 0.891. The van der Waals surface area contributed by atoms with Crippen LogP contribution in [0.1, 0.15) is 21.7 Å². The molecule has 2 heterocycles. The highest BCUT2D eigenvalue weighted by Crippen LogP contribution is 2.24. The first-order valence-corrected chi connectivity index (χ1v) is 7.50. The zero-order valence-electron chi connectivity index (χ0n) is 13.0. The summed E-state index contributed by atoms with van der Waals surface area (Å²) in [7, 11) is 0. The van der Waals surface area contributed by atoms with E-state index in [-0.39, 0.29) is 18.7 Å². The van der Waals surface area contributed by atoms with Crippen molar-refractivity contribution in [2.75, 3.05) is 6.54 Å². The first kappa shape index (κ1) is 17.1. The molecule has 0 fully saturated rings. The fourth-order valence-corrected chi connectivity index (χ4v) is 2.69. The number of nitrogens with zero attached hydrogens (tertiary/aromatic N) is 1. The van der Waals surface area contributed by atoms with Gasteiger partial charge in [0.2, 0.25) is 0 Å². The molecule has 1 amide bonds. The van der Waals surface area contributed by atoms with Gasteiger partial charge in [0, 0.05) is 6.42 Å². The maximum atomic E-state index is 12.8. The molecule has 2 aromatic rings. The number of halogens is 3. The minimum atomic E-state index is -4.58. The number of hydrogen-bond acceptors (Lipinski definition) is 4. The molecular formula is C17H14F3NO4. The number of alkyl halides is 3. The molecule has 0 radical (unpaired) electrons. The molecule has 0 aliphatic carbocycles. The summed E-state index contributed by atoms with van der Waals surface area (Å²) in [5.74, 6) is -1.41. The number of furan rings is 1. The zero-order chi connectivity index (χ0) is 18.0. The van der Waals surface area contributed by atoms with E-state index in [1.54, 1.807) is 24.3 Å². The van der Waals surface area contributed by atoms with Crippen LogP contribution >= 0.6 is 0 Å². The van der Waals surface area contributed by atoms with Gasteiger partial charge in [0.05, 0.1) is 18.4 Å². The molecule has 1 aliphatic rings. The van der Waals surface area contributed by atoms with Gasteiger partial charge in [-0.1, -0.05) is 18.2 Å². The molecule has 0 N–H and O–H groups in total. The lowest BCUT2D eigenvalue weighted by Crippen LogP contribution is -2.47. The molecule has 1 unspecified atom stereocenters. The second-order valence-corrected chi connectivity index (χ2v) is 5.64. The van der Waals surface area contributed by atoms with Gasteiger partial charge < -0.3 is 14.1 Å². The van der Waals surface area contributed by atoms with E-state index in [0.29, 0.717) is 16.0 Å². The Bertz CT molecular complexity index is 770. The number of ether oxygens (including phenoxy) is 1. The number of hydrogen-bond donors (Lipinski definition) is 0. The van der Waals surface area contributed by atoms with E-state index < -0.39 is 30.7 Å². The van der Waals surface area contributed by atoms with Crippen molar-refractivity contribution in [3.63, 3.8) is 0 Å². The zero-order valence-corrected chi connectivity index (χ0v) is 13.0. The third-order valence-electron chi connectivity index (χ3n) is 3.78. The van der Waals surface area contributed by atoms with Crippen molar-refractivity contribution in [1.29, 1.82) is 0 Å². The third-order valence-corrected chi connectivity index (χ3v) is 3.78. The Labute approximate surface area is 141 Å². The number of carbonyl (C=O) groups excluding carboxylic acids is 2. The van der Waals surface area contributed by atoms with Gasteiger partial charge in [-0.3, -0.25) is 4.79 Å². The van der Waals surface area contributed by atoms with Gasteiger partial charge in [-0.05, 0) is 23.8 Å². The molecule has 1 atom stereocenters. The molecular weight excluding hydrogens is 339 g/mol. The molecule has 0 saturated carbocycles. The number of rotatable bonds is 4. The van der Waals surface area contributed by atoms with Gasteiger partial charge in [0.15, 0.2) is 6.10 Å². The molecule has 0 spiro atoms. The summed E-state index contributed by atoms with van der Waals surface area (Å²) in [4.78, 5) is 25.1. The van der Waals surface area contributed by atoms with Crippen LogP contribution in [0.15, 0.2) is 47.1 Å². The van der Waals surface area contributed by atoms with Gasteiger partial charge in [-0.2, -0.15) is 13.2 Å². The summed E-state index contributed by atoms with van der Waals surface area (Å²) >= 11 is 0. The lowest BCUT2D eigenvalue weighted by atomic mass is 9.98. The predicted octanol–water partition coefficient (Wildman–Crippen LogP) is 2.95. The molecule has 0 bridgehead atoms. The van der Waals surface area contributed by atoms with Gasteiger partial charge in [-0.15, -0.1) is 0 Å². The number of benzene rings is 1. The Morgan fingerprint density at radius 2 is 1.96 bits per heavy atom. The van der Waals surface area contributed by atoms with E-state index in [1.165, 1.54) is 18.4 Å². The second-order valence-electron chi connectivity index (χ2n) is 5.64. The lowest BCUT2D eigenvalue weighted by molar-refractivity contribution is -0.168. The lowest BCUT2D eigenvalue weighted by Gasteiger charge is -2.30. The monoisotopic (exact) mass is 353 g/mol. The molecule has 0 saturated heterocycles. The SMILES string of the molecule is O=C1OC(C(=O)N(Cc2ccco2)CC(F)(F)F)Cc2ccccc21. The molecule has 3 rings (SSSR count). The van der Waals surface area contributed by atoms with Crippen LogP contribution in [0.25, 0.3) is 0 Å². The smallest absolute Gasteiger partial charge is 0.406 e. The van der Waals surface area contributed by atoms with Crippen LogP contribution in [0, 0.1) is 0 Å². The van der Waals surface area contributed by atoms with Gasteiger partial charge in [0.1, 0.15) is 12.3 Å². The van der Waals surface area contributed by atoms with E-state index in [0.717, 1.165) is 0 Å². The highest BCUT2D eigenvalue weighted by Gasteiger charge is 2.39. The molecule has 132 valence electrons. The summed E-state index contributed by atoms with van der Waals surface area (Å²) < 4.78 is 48.6. The van der Waals surface area contributed by atoms with E-state index in [2.05, 4.69) is 0 Å². The number of cyclic esters (lactones) is 1. The summed E-state index contributed by atoms with van der Waals surface area (Å²) in [6.45, 7) is -1.82. The van der Waals surface area contributed by atoms with Crippen molar-refractivity contribution >= 4 is 11.9 Å². The maximum absolute atomic E-state index is 12.8. The Morgan fingerprint density at radius 1 is 1.20 bits per heavy atom. The van der Waals surface area contributed by atoms with E-state index in [1.807, 2.05) is 0 Å². The van der Waals surface area contributed by atoms with Crippen LogP contribution in [0.5, 0.6) is 0 Å². The van der Waals surface area contributed by atoms with Gasteiger partial charge in [0.25, 0.3) is 5.91 Å². The minimum Gasteiger partial charge on any atom is -0.467 e. The fourth-order valence-electron chi connectivity index (χ4n) is 2.69. The first-order valence-electron chi connectivity index (χ1n) is 7.50.